The van der Waals surface area contributed by atoms with E-state index < -0.39 is 0 Å². The molecule has 0 atom stereocenters. The zero-order valence-corrected chi connectivity index (χ0v) is 13.8. The van der Waals surface area contributed by atoms with Gasteiger partial charge in [0, 0.05) is 10.8 Å². The Morgan fingerprint density at radius 1 is 0.857 bits per heavy atom. The number of benzene rings is 2. The molecule has 1 heteroatoms. The van der Waals surface area contributed by atoms with E-state index in [9.17, 15) is 0 Å². The van der Waals surface area contributed by atoms with Gasteiger partial charge in [-0.2, -0.15) is 0 Å². The van der Waals surface area contributed by atoms with E-state index in [1.54, 1.807) is 0 Å². The molecule has 0 unspecified atom stereocenters. The molecule has 3 aromatic rings. The molecule has 0 N–H and O–H groups in total. The molecule has 3 rings (SSSR count). The van der Waals surface area contributed by atoms with Crippen molar-refractivity contribution < 1.29 is 0 Å². The van der Waals surface area contributed by atoms with Gasteiger partial charge >= 0.3 is 0 Å². The minimum Gasteiger partial charge on any atom is -0.248 e. The molecule has 0 amide bonds. The summed E-state index contributed by atoms with van der Waals surface area (Å²) in [5, 5.41) is 2.62. The van der Waals surface area contributed by atoms with E-state index in [1.165, 1.54) is 33.0 Å². The van der Waals surface area contributed by atoms with Crippen molar-refractivity contribution in [2.45, 2.75) is 47.0 Å². The van der Waals surface area contributed by atoms with E-state index >= 15 is 0 Å². The van der Waals surface area contributed by atoms with Crippen LogP contribution in [0.2, 0.25) is 0 Å². The van der Waals surface area contributed by atoms with E-state index in [4.69, 9.17) is 4.98 Å². The topological polar surface area (TPSA) is 12.9 Å². The third kappa shape index (κ3) is 2.21. The second-order valence-corrected chi connectivity index (χ2v) is 7.16. The lowest BCUT2D eigenvalue weighted by molar-refractivity contribution is 0.600. The van der Waals surface area contributed by atoms with Crippen molar-refractivity contribution in [3.63, 3.8) is 0 Å². The fraction of sp³-hybridized carbons (Fsp3) is 0.350. The standard InChI is InChI=1S/C20H23N/c1-12-7-9-15-17(11-12)21-16-10-8-13(2)14(3)18(16)19(15)20(4,5)6/h7-11H,1-6H3. The van der Waals surface area contributed by atoms with E-state index in [0.29, 0.717) is 0 Å². The summed E-state index contributed by atoms with van der Waals surface area (Å²) in [5.74, 6) is 0. The Hall–Kier alpha value is -1.89. The van der Waals surface area contributed by atoms with Gasteiger partial charge in [-0.1, -0.05) is 39.0 Å². The fourth-order valence-corrected chi connectivity index (χ4v) is 3.20. The highest BCUT2D eigenvalue weighted by Gasteiger charge is 2.22. The van der Waals surface area contributed by atoms with Gasteiger partial charge in [0.25, 0.3) is 0 Å². The van der Waals surface area contributed by atoms with Crippen molar-refractivity contribution in [2.75, 3.05) is 0 Å². The van der Waals surface area contributed by atoms with E-state index in [0.717, 1.165) is 11.0 Å². The quantitative estimate of drug-likeness (QED) is 0.487. The number of aryl methyl sites for hydroxylation is 3. The molecular formula is C20H23N. The third-order valence-corrected chi connectivity index (χ3v) is 4.38. The van der Waals surface area contributed by atoms with Crippen LogP contribution in [-0.2, 0) is 5.41 Å². The van der Waals surface area contributed by atoms with E-state index in [1.807, 2.05) is 0 Å². The van der Waals surface area contributed by atoms with Crippen molar-refractivity contribution in [1.29, 1.82) is 0 Å². The van der Waals surface area contributed by atoms with Gasteiger partial charge in [-0.05, 0) is 60.6 Å². The molecule has 21 heavy (non-hydrogen) atoms. The number of aromatic nitrogens is 1. The summed E-state index contributed by atoms with van der Waals surface area (Å²) in [6, 6.07) is 11.0. The molecule has 0 saturated carbocycles. The smallest absolute Gasteiger partial charge is 0.0715 e. The molecule has 0 fully saturated rings. The molecule has 0 radical (unpaired) electrons. The second-order valence-electron chi connectivity index (χ2n) is 7.16. The van der Waals surface area contributed by atoms with Crippen LogP contribution < -0.4 is 0 Å². The Balaban J connectivity index is 2.62. The Labute approximate surface area is 127 Å². The number of pyridine rings is 1. The van der Waals surface area contributed by atoms with Crippen LogP contribution in [0, 0.1) is 20.8 Å². The van der Waals surface area contributed by atoms with Gasteiger partial charge in [-0.25, -0.2) is 4.98 Å². The average Bonchev–Trinajstić information content (AvgIpc) is 2.39. The molecular weight excluding hydrogens is 254 g/mol. The predicted molar refractivity (Wildman–Crippen MR) is 92.2 cm³/mol. The van der Waals surface area contributed by atoms with Crippen LogP contribution in [0.15, 0.2) is 30.3 Å². The van der Waals surface area contributed by atoms with Gasteiger partial charge in [-0.3, -0.25) is 0 Å². The zero-order valence-electron chi connectivity index (χ0n) is 13.8. The number of rotatable bonds is 0. The number of nitrogens with zero attached hydrogens (tertiary/aromatic N) is 1. The van der Waals surface area contributed by atoms with Gasteiger partial charge in [0.2, 0.25) is 0 Å². The summed E-state index contributed by atoms with van der Waals surface area (Å²) in [5.41, 5.74) is 7.68. The summed E-state index contributed by atoms with van der Waals surface area (Å²) in [7, 11) is 0. The Morgan fingerprint density at radius 3 is 2.24 bits per heavy atom. The Morgan fingerprint density at radius 2 is 1.57 bits per heavy atom. The first kappa shape index (κ1) is 14.1. The molecule has 1 aromatic heterocycles. The molecule has 1 nitrogen and oxygen atoms in total. The summed E-state index contributed by atoms with van der Waals surface area (Å²) in [4.78, 5) is 4.91. The first-order valence-electron chi connectivity index (χ1n) is 7.60. The van der Waals surface area contributed by atoms with Crippen LogP contribution in [0.3, 0.4) is 0 Å². The molecule has 2 aromatic carbocycles. The monoisotopic (exact) mass is 277 g/mol. The molecule has 1 heterocycles. The molecule has 0 saturated heterocycles. The van der Waals surface area contributed by atoms with Crippen LogP contribution >= 0.6 is 0 Å². The fourth-order valence-electron chi connectivity index (χ4n) is 3.20. The number of hydrogen-bond donors (Lipinski definition) is 0. The lowest BCUT2D eigenvalue weighted by Gasteiger charge is -2.25. The number of hydrogen-bond acceptors (Lipinski definition) is 1. The Kier molecular flexibility index (Phi) is 3.05. The van der Waals surface area contributed by atoms with Gasteiger partial charge in [0.05, 0.1) is 11.0 Å². The summed E-state index contributed by atoms with van der Waals surface area (Å²) < 4.78 is 0. The van der Waals surface area contributed by atoms with Crippen LogP contribution in [0.1, 0.15) is 43.0 Å². The summed E-state index contributed by atoms with van der Waals surface area (Å²) in [6.07, 6.45) is 0. The maximum Gasteiger partial charge on any atom is 0.0715 e. The average molecular weight is 277 g/mol. The summed E-state index contributed by atoms with van der Waals surface area (Å²) >= 11 is 0. The second kappa shape index (κ2) is 4.56. The molecule has 0 spiro atoms. The Bertz CT molecular complexity index is 851. The zero-order chi connectivity index (χ0) is 15.4. The highest BCUT2D eigenvalue weighted by atomic mass is 14.7. The van der Waals surface area contributed by atoms with Crippen LogP contribution in [-0.4, -0.2) is 4.98 Å². The molecule has 0 bridgehead atoms. The maximum atomic E-state index is 4.91. The van der Waals surface area contributed by atoms with Crippen LogP contribution in [0.5, 0.6) is 0 Å². The predicted octanol–water partition coefficient (Wildman–Crippen LogP) is 5.61. The van der Waals surface area contributed by atoms with Crippen molar-refractivity contribution in [2.24, 2.45) is 0 Å². The van der Waals surface area contributed by atoms with Crippen LogP contribution in [0.25, 0.3) is 21.8 Å². The molecule has 0 aliphatic carbocycles. The highest BCUT2D eigenvalue weighted by Crippen LogP contribution is 2.37. The van der Waals surface area contributed by atoms with Crippen molar-refractivity contribution in [3.8, 4) is 0 Å². The third-order valence-electron chi connectivity index (χ3n) is 4.38. The SMILES string of the molecule is Cc1ccc2c(C(C)(C)C)c3c(C)c(C)ccc3nc2c1. The maximum absolute atomic E-state index is 4.91. The normalized spacial score (nSPS) is 12.3. The van der Waals surface area contributed by atoms with Gasteiger partial charge in [0.15, 0.2) is 0 Å². The van der Waals surface area contributed by atoms with Gasteiger partial charge < -0.3 is 0 Å². The first-order chi connectivity index (χ1) is 9.79. The van der Waals surface area contributed by atoms with E-state index in [2.05, 4.69) is 71.9 Å². The number of fused-ring (bicyclic) bond motifs is 2. The largest absolute Gasteiger partial charge is 0.248 e. The van der Waals surface area contributed by atoms with Crippen molar-refractivity contribution >= 4 is 21.8 Å². The lowest BCUT2D eigenvalue weighted by Crippen LogP contribution is -2.14. The molecule has 0 aliphatic rings. The highest BCUT2D eigenvalue weighted by molar-refractivity contribution is 6.00. The molecule has 0 aliphatic heterocycles. The minimum atomic E-state index is 0.0905. The van der Waals surface area contributed by atoms with Crippen molar-refractivity contribution in [1.82, 2.24) is 4.98 Å². The summed E-state index contributed by atoms with van der Waals surface area (Å²) in [6.45, 7) is 13.4. The van der Waals surface area contributed by atoms with Crippen molar-refractivity contribution in [3.05, 3.63) is 52.6 Å². The minimum absolute atomic E-state index is 0.0905. The van der Waals surface area contributed by atoms with E-state index in [-0.39, 0.29) is 5.41 Å². The van der Waals surface area contributed by atoms with Gasteiger partial charge in [-0.15, -0.1) is 0 Å². The van der Waals surface area contributed by atoms with Gasteiger partial charge in [0.1, 0.15) is 0 Å². The first-order valence-corrected chi connectivity index (χ1v) is 7.60. The molecule has 108 valence electrons. The van der Waals surface area contributed by atoms with Crippen LogP contribution in [0.4, 0.5) is 0 Å². The lowest BCUT2D eigenvalue weighted by atomic mass is 9.80.